The first-order valence-electron chi connectivity index (χ1n) is 12.2. The van der Waals surface area contributed by atoms with Crippen molar-refractivity contribution in [3.05, 3.63) is 23.2 Å². The number of hydrogen-bond donors (Lipinski definition) is 2. The summed E-state index contributed by atoms with van der Waals surface area (Å²) in [7, 11) is 2.85. The zero-order valence-corrected chi connectivity index (χ0v) is 24.2. The molecule has 2 rings (SSSR count). The molecule has 0 radical (unpaired) electrons. The summed E-state index contributed by atoms with van der Waals surface area (Å²) >= 11 is 2.94. The van der Waals surface area contributed by atoms with Crippen molar-refractivity contribution in [1.82, 2.24) is 9.80 Å². The maximum Gasteiger partial charge on any atom is 0.483 e. The summed E-state index contributed by atoms with van der Waals surface area (Å²) in [5.41, 5.74) is 1.97. The maximum atomic E-state index is 11.1. The van der Waals surface area contributed by atoms with E-state index in [1.54, 1.807) is 6.92 Å². The highest BCUT2D eigenvalue weighted by molar-refractivity contribution is 9.09. The minimum Gasteiger partial charge on any atom is -0.466 e. The lowest BCUT2D eigenvalue weighted by Crippen LogP contribution is -2.29. The molecule has 2 N–H and O–H groups in total. The Bertz CT molecular complexity index is 574. The molecule has 10 heteroatoms. The van der Waals surface area contributed by atoms with Gasteiger partial charge in [0.25, 0.3) is 0 Å². The third-order valence-corrected chi connectivity index (χ3v) is 4.83. The Hall–Kier alpha value is -1.20. The second kappa shape index (κ2) is 29.0. The number of hydrogen-bond acceptors (Lipinski definition) is 8. The van der Waals surface area contributed by atoms with Crippen molar-refractivity contribution < 1.29 is 29.1 Å². The van der Waals surface area contributed by atoms with E-state index in [0.29, 0.717) is 25.0 Å². The van der Waals surface area contributed by atoms with Gasteiger partial charge in [-0.05, 0) is 46.3 Å². The number of carbonyl (C=O) groups is 2. The Balaban J connectivity index is -0.000000196. The third kappa shape index (κ3) is 25.7. The van der Waals surface area contributed by atoms with Gasteiger partial charge in [0.1, 0.15) is 5.33 Å². The Labute approximate surface area is 224 Å². The molecule has 2 heterocycles. The van der Waals surface area contributed by atoms with Crippen molar-refractivity contribution in [1.29, 1.82) is 0 Å². The van der Waals surface area contributed by atoms with Gasteiger partial charge in [-0.15, -0.1) is 0 Å². The number of likely N-dealkylation sites (N-methyl/N-ethyl adjacent to an activating group) is 2. The van der Waals surface area contributed by atoms with E-state index in [2.05, 4.69) is 43.6 Å². The molecule has 8 nitrogen and oxygen atoms in total. The molecule has 0 saturated heterocycles. The van der Waals surface area contributed by atoms with Crippen molar-refractivity contribution in [3.63, 3.8) is 0 Å². The van der Waals surface area contributed by atoms with Crippen LogP contribution < -0.4 is 0 Å². The monoisotopic (exact) mass is 566 g/mol. The SMILES string of the molecule is C.CC.CC.CCOC(=O)CBr.CCOC(=O)CC1=CCN(C)CC1.CN1CC=C(B(O)O)CC1. The Morgan fingerprint density at radius 2 is 1.37 bits per heavy atom. The fourth-order valence-electron chi connectivity index (χ4n) is 2.59. The van der Waals surface area contributed by atoms with E-state index in [-0.39, 0.29) is 19.4 Å². The van der Waals surface area contributed by atoms with E-state index in [1.165, 1.54) is 5.57 Å². The van der Waals surface area contributed by atoms with E-state index < -0.39 is 7.12 Å². The lowest BCUT2D eigenvalue weighted by atomic mass is 9.76. The van der Waals surface area contributed by atoms with E-state index in [0.717, 1.165) is 44.5 Å². The van der Waals surface area contributed by atoms with Gasteiger partial charge in [-0.2, -0.15) is 0 Å². The van der Waals surface area contributed by atoms with Gasteiger partial charge in [0.05, 0.1) is 19.6 Å². The lowest BCUT2D eigenvalue weighted by molar-refractivity contribution is -0.142. The molecular weight excluding hydrogens is 515 g/mol. The standard InChI is InChI=1S/C10H17NO2.C6H12BNO2.C4H7BrO2.2C2H6.CH4/c1-3-13-10(12)8-9-4-6-11(2)7-5-9;1-8-4-2-6(3-5-8)7(9)10;1-2-7-4(6)3-5;2*1-2;/h4H,3,5-8H2,1-2H3;2,9-10H,3-5H2,1H3;2-3H2,1H3;2*1-2H3;1H4. The van der Waals surface area contributed by atoms with Crippen LogP contribution in [0.3, 0.4) is 0 Å². The number of rotatable bonds is 6. The predicted molar refractivity (Wildman–Crippen MR) is 152 cm³/mol. The van der Waals surface area contributed by atoms with Gasteiger partial charge in [-0.25, -0.2) is 0 Å². The van der Waals surface area contributed by atoms with Gasteiger partial charge in [0.2, 0.25) is 0 Å². The second-order valence-electron chi connectivity index (χ2n) is 6.96. The lowest BCUT2D eigenvalue weighted by Gasteiger charge is -2.21. The van der Waals surface area contributed by atoms with Gasteiger partial charge in [0, 0.05) is 26.2 Å². The van der Waals surface area contributed by atoms with Crippen molar-refractivity contribution in [2.75, 3.05) is 58.8 Å². The summed E-state index contributed by atoms with van der Waals surface area (Å²) in [6.07, 6.45) is 6.24. The highest BCUT2D eigenvalue weighted by Crippen LogP contribution is 2.13. The molecule has 2 aliphatic rings. The largest absolute Gasteiger partial charge is 0.483 e. The minimum atomic E-state index is -1.24. The molecule has 0 aromatic rings. The quantitative estimate of drug-likeness (QED) is 0.214. The van der Waals surface area contributed by atoms with Crippen LogP contribution in [0, 0.1) is 0 Å². The van der Waals surface area contributed by atoms with E-state index in [1.807, 2.05) is 47.7 Å². The van der Waals surface area contributed by atoms with Crippen LogP contribution in [0.1, 0.15) is 68.2 Å². The number of ether oxygens (including phenoxy) is 2. The highest BCUT2D eigenvalue weighted by Gasteiger charge is 2.17. The zero-order chi connectivity index (χ0) is 26.9. The number of alkyl halides is 1. The summed E-state index contributed by atoms with van der Waals surface area (Å²) in [5, 5.41) is 17.8. The Morgan fingerprint density at radius 3 is 1.69 bits per heavy atom. The smallest absolute Gasteiger partial charge is 0.466 e. The average molecular weight is 567 g/mol. The summed E-state index contributed by atoms with van der Waals surface area (Å²) in [5.74, 6) is -0.305. The van der Waals surface area contributed by atoms with E-state index >= 15 is 0 Å². The van der Waals surface area contributed by atoms with Gasteiger partial charge in [-0.3, -0.25) is 9.59 Å². The number of esters is 2. The predicted octanol–water partition coefficient (Wildman–Crippen LogP) is 4.09. The summed E-state index contributed by atoms with van der Waals surface area (Å²) < 4.78 is 9.38. The molecular formula is C25H52BBrN2O6. The number of nitrogens with zero attached hydrogens (tertiary/aromatic N) is 2. The van der Waals surface area contributed by atoms with Crippen molar-refractivity contribution >= 4 is 35.0 Å². The summed E-state index contributed by atoms with van der Waals surface area (Å²) in [4.78, 5) is 25.6. The topological polar surface area (TPSA) is 99.5 Å². The fraction of sp³-hybridized carbons (Fsp3) is 0.760. The van der Waals surface area contributed by atoms with Gasteiger partial charge in [-0.1, -0.05) is 68.8 Å². The van der Waals surface area contributed by atoms with Gasteiger partial charge >= 0.3 is 19.1 Å². The van der Waals surface area contributed by atoms with E-state index in [9.17, 15) is 9.59 Å². The second-order valence-corrected chi connectivity index (χ2v) is 7.52. The van der Waals surface area contributed by atoms with Crippen molar-refractivity contribution in [2.45, 2.75) is 68.2 Å². The molecule has 0 aromatic heterocycles. The molecule has 208 valence electrons. The molecule has 2 aliphatic heterocycles. The molecule has 0 amide bonds. The maximum absolute atomic E-state index is 11.1. The van der Waals surface area contributed by atoms with Crippen LogP contribution in [0.4, 0.5) is 0 Å². The zero-order valence-electron chi connectivity index (χ0n) is 22.6. The summed E-state index contributed by atoms with van der Waals surface area (Å²) in [6.45, 7) is 16.3. The van der Waals surface area contributed by atoms with Crippen LogP contribution in [-0.2, 0) is 19.1 Å². The van der Waals surface area contributed by atoms with Crippen LogP contribution >= 0.6 is 15.9 Å². The highest BCUT2D eigenvalue weighted by atomic mass is 79.9. The fourth-order valence-corrected chi connectivity index (χ4v) is 2.75. The number of carbonyl (C=O) groups excluding carboxylic acids is 2. The molecule has 0 unspecified atom stereocenters. The van der Waals surface area contributed by atoms with Crippen molar-refractivity contribution in [2.24, 2.45) is 0 Å². The molecule has 0 spiro atoms. The average Bonchev–Trinajstić information content (AvgIpc) is 2.84. The molecule has 35 heavy (non-hydrogen) atoms. The first-order valence-corrected chi connectivity index (χ1v) is 13.3. The van der Waals surface area contributed by atoms with Crippen LogP contribution in [0.2, 0.25) is 0 Å². The molecule has 0 aliphatic carbocycles. The van der Waals surface area contributed by atoms with Crippen LogP contribution in [-0.4, -0.2) is 97.7 Å². The van der Waals surface area contributed by atoms with Crippen LogP contribution in [0.25, 0.3) is 0 Å². The molecule has 0 fully saturated rings. The molecule has 0 atom stereocenters. The van der Waals surface area contributed by atoms with Gasteiger partial charge in [0.15, 0.2) is 0 Å². The molecule has 0 saturated carbocycles. The first-order chi connectivity index (χ1) is 16.2. The van der Waals surface area contributed by atoms with E-state index in [4.69, 9.17) is 14.8 Å². The molecule has 0 aromatic carbocycles. The Kier molecular flexibility index (Phi) is 34.0. The first kappa shape index (κ1) is 41.0. The molecule has 0 bridgehead atoms. The third-order valence-electron chi connectivity index (χ3n) is 4.38. The normalized spacial score (nSPS) is 14.6. The van der Waals surface area contributed by atoms with Gasteiger partial charge < -0.3 is 29.3 Å². The van der Waals surface area contributed by atoms with Crippen LogP contribution in [0.15, 0.2) is 23.2 Å². The number of halogens is 1. The summed E-state index contributed by atoms with van der Waals surface area (Å²) in [6, 6.07) is 0. The minimum absolute atomic E-state index is 0. The van der Waals surface area contributed by atoms with Crippen molar-refractivity contribution in [3.8, 4) is 0 Å². The Morgan fingerprint density at radius 1 is 0.914 bits per heavy atom. The van der Waals surface area contributed by atoms with Crippen LogP contribution in [0.5, 0.6) is 0 Å².